The van der Waals surface area contributed by atoms with E-state index in [2.05, 4.69) is 51.2 Å². The number of nitrogens with zero attached hydrogens (tertiary/aromatic N) is 1. The molecule has 1 aromatic rings. The van der Waals surface area contributed by atoms with Gasteiger partial charge in [-0.25, -0.2) is 0 Å². The van der Waals surface area contributed by atoms with Crippen molar-refractivity contribution in [3.63, 3.8) is 0 Å². The molecule has 2 rings (SSSR count). The summed E-state index contributed by atoms with van der Waals surface area (Å²) in [5, 5.41) is 3.64. The maximum absolute atomic E-state index is 11.8. The van der Waals surface area contributed by atoms with Crippen LogP contribution in [-0.2, 0) is 11.2 Å². The molecule has 0 radical (unpaired) electrons. The molecule has 3 nitrogen and oxygen atoms in total. The predicted octanol–water partition coefficient (Wildman–Crippen LogP) is 3.68. The van der Waals surface area contributed by atoms with Crippen molar-refractivity contribution in [1.29, 1.82) is 0 Å². The zero-order valence-electron chi connectivity index (χ0n) is 14.0. The highest BCUT2D eigenvalue weighted by molar-refractivity contribution is 5.95. The summed E-state index contributed by atoms with van der Waals surface area (Å²) in [6.07, 6.45) is 2.61. The second-order valence-corrected chi connectivity index (χ2v) is 6.67. The lowest BCUT2D eigenvalue weighted by atomic mass is 9.77. The Bertz CT molecular complexity index is 522. The summed E-state index contributed by atoms with van der Waals surface area (Å²) in [6.45, 7) is 9.99. The smallest absolute Gasteiger partial charge is 0.227 e. The van der Waals surface area contributed by atoms with Crippen LogP contribution in [0.5, 0.6) is 0 Å². The molecule has 1 aliphatic heterocycles. The minimum absolute atomic E-state index is 0.209. The van der Waals surface area contributed by atoms with Gasteiger partial charge in [-0.2, -0.15) is 0 Å². The highest BCUT2D eigenvalue weighted by atomic mass is 16.2. The van der Waals surface area contributed by atoms with Crippen molar-refractivity contribution in [2.75, 3.05) is 18.5 Å². The van der Waals surface area contributed by atoms with Gasteiger partial charge >= 0.3 is 0 Å². The molecule has 116 valence electrons. The Morgan fingerprint density at radius 1 is 1.29 bits per heavy atom. The fourth-order valence-corrected chi connectivity index (χ4v) is 3.11. The molecule has 1 N–H and O–H groups in total. The summed E-state index contributed by atoms with van der Waals surface area (Å²) in [4.78, 5) is 13.6. The number of anilines is 1. The molecule has 0 saturated heterocycles. The summed E-state index contributed by atoms with van der Waals surface area (Å²) < 4.78 is 0. The van der Waals surface area contributed by atoms with Crippen LogP contribution in [0, 0.1) is 5.41 Å². The molecule has 21 heavy (non-hydrogen) atoms. The van der Waals surface area contributed by atoms with E-state index < -0.39 is 0 Å². The standard InChI is InChI=1S/C18H28N2O/c1-6-18(3,4)17(19-7-2)14-8-10-15-13(12-14)9-11-16(21)20(15)5/h8,10,12,17,19H,6-7,9,11H2,1-5H3. The van der Waals surface area contributed by atoms with E-state index >= 15 is 0 Å². The quantitative estimate of drug-likeness (QED) is 0.896. The molecule has 1 amide bonds. The van der Waals surface area contributed by atoms with Crippen LogP contribution in [0.1, 0.15) is 57.7 Å². The SMILES string of the molecule is CCNC(c1ccc2c(c1)CCC(=O)N2C)C(C)(C)CC. The van der Waals surface area contributed by atoms with Gasteiger partial charge in [0.15, 0.2) is 0 Å². The summed E-state index contributed by atoms with van der Waals surface area (Å²) >= 11 is 0. The van der Waals surface area contributed by atoms with Crippen LogP contribution >= 0.6 is 0 Å². The molecule has 0 fully saturated rings. The van der Waals surface area contributed by atoms with Gasteiger partial charge in [0.2, 0.25) is 5.91 Å². The first-order valence-corrected chi connectivity index (χ1v) is 8.03. The number of carbonyl (C=O) groups excluding carboxylic acids is 1. The first-order valence-electron chi connectivity index (χ1n) is 8.03. The largest absolute Gasteiger partial charge is 0.315 e. The molecule has 3 heteroatoms. The van der Waals surface area contributed by atoms with Crippen molar-refractivity contribution < 1.29 is 4.79 Å². The third-order valence-corrected chi connectivity index (χ3v) is 4.88. The Hall–Kier alpha value is -1.35. The van der Waals surface area contributed by atoms with Crippen LogP contribution in [0.4, 0.5) is 5.69 Å². The number of fused-ring (bicyclic) bond motifs is 1. The Morgan fingerprint density at radius 3 is 2.62 bits per heavy atom. The van der Waals surface area contributed by atoms with E-state index in [1.54, 1.807) is 4.90 Å². The van der Waals surface area contributed by atoms with Gasteiger partial charge in [0.25, 0.3) is 0 Å². The maximum atomic E-state index is 11.8. The Morgan fingerprint density at radius 2 is 2.00 bits per heavy atom. The van der Waals surface area contributed by atoms with E-state index in [0.717, 1.165) is 25.1 Å². The monoisotopic (exact) mass is 288 g/mol. The van der Waals surface area contributed by atoms with Gasteiger partial charge in [-0.15, -0.1) is 0 Å². The minimum atomic E-state index is 0.209. The van der Waals surface area contributed by atoms with Gasteiger partial charge in [0.1, 0.15) is 0 Å². The fourth-order valence-electron chi connectivity index (χ4n) is 3.11. The Balaban J connectivity index is 2.38. The van der Waals surface area contributed by atoms with E-state index in [1.807, 2.05) is 7.05 Å². The van der Waals surface area contributed by atoms with Crippen molar-refractivity contribution in [2.24, 2.45) is 5.41 Å². The van der Waals surface area contributed by atoms with Crippen LogP contribution in [0.15, 0.2) is 18.2 Å². The number of carbonyl (C=O) groups is 1. The highest BCUT2D eigenvalue weighted by Crippen LogP contribution is 2.38. The summed E-state index contributed by atoms with van der Waals surface area (Å²) in [5.41, 5.74) is 3.91. The number of nitrogens with one attached hydrogen (secondary N) is 1. The van der Waals surface area contributed by atoms with Gasteiger partial charge < -0.3 is 10.2 Å². The molecular weight excluding hydrogens is 260 g/mol. The molecule has 0 aliphatic carbocycles. The number of hydrogen-bond acceptors (Lipinski definition) is 2. The van der Waals surface area contributed by atoms with Gasteiger partial charge in [-0.05, 0) is 42.0 Å². The number of hydrogen-bond donors (Lipinski definition) is 1. The molecule has 0 bridgehead atoms. The lowest BCUT2D eigenvalue weighted by Crippen LogP contribution is -2.35. The zero-order chi connectivity index (χ0) is 15.6. The highest BCUT2D eigenvalue weighted by Gasteiger charge is 2.30. The molecule has 1 aliphatic rings. The normalized spacial score (nSPS) is 16.8. The summed E-state index contributed by atoms with van der Waals surface area (Å²) in [6, 6.07) is 6.93. The number of benzene rings is 1. The van der Waals surface area contributed by atoms with Crippen molar-refractivity contribution in [3.8, 4) is 0 Å². The van der Waals surface area contributed by atoms with Crippen LogP contribution in [0.3, 0.4) is 0 Å². The lowest BCUT2D eigenvalue weighted by molar-refractivity contribution is -0.118. The lowest BCUT2D eigenvalue weighted by Gasteiger charge is -2.36. The summed E-state index contributed by atoms with van der Waals surface area (Å²) in [7, 11) is 1.87. The first kappa shape index (κ1) is 16.0. The summed E-state index contributed by atoms with van der Waals surface area (Å²) in [5.74, 6) is 0.215. The second kappa shape index (κ2) is 6.18. The molecule has 0 spiro atoms. The van der Waals surface area contributed by atoms with Crippen LogP contribution in [0.25, 0.3) is 0 Å². The van der Waals surface area contributed by atoms with Crippen molar-refractivity contribution in [1.82, 2.24) is 5.32 Å². The second-order valence-electron chi connectivity index (χ2n) is 6.67. The average molecular weight is 288 g/mol. The fraction of sp³-hybridized carbons (Fsp3) is 0.611. The first-order chi connectivity index (χ1) is 9.90. The number of amides is 1. The average Bonchev–Trinajstić information content (AvgIpc) is 2.48. The van der Waals surface area contributed by atoms with Gasteiger partial charge in [-0.3, -0.25) is 4.79 Å². The number of rotatable bonds is 5. The van der Waals surface area contributed by atoms with Crippen LogP contribution in [0.2, 0.25) is 0 Å². The van der Waals surface area contributed by atoms with Crippen LogP contribution in [-0.4, -0.2) is 19.5 Å². The molecule has 1 aromatic carbocycles. The molecular formula is C18H28N2O. The van der Waals surface area contributed by atoms with Crippen molar-refractivity contribution >= 4 is 11.6 Å². The minimum Gasteiger partial charge on any atom is -0.315 e. The third kappa shape index (κ3) is 3.13. The topological polar surface area (TPSA) is 32.3 Å². The van der Waals surface area contributed by atoms with Gasteiger partial charge in [0.05, 0.1) is 0 Å². The predicted molar refractivity (Wildman–Crippen MR) is 88.7 cm³/mol. The van der Waals surface area contributed by atoms with Crippen LogP contribution < -0.4 is 10.2 Å². The Labute approximate surface area is 128 Å². The van der Waals surface area contributed by atoms with E-state index in [9.17, 15) is 4.79 Å². The van der Waals surface area contributed by atoms with Crippen molar-refractivity contribution in [3.05, 3.63) is 29.3 Å². The van der Waals surface area contributed by atoms with Gasteiger partial charge in [0, 0.05) is 25.2 Å². The van der Waals surface area contributed by atoms with E-state index in [4.69, 9.17) is 0 Å². The zero-order valence-corrected chi connectivity index (χ0v) is 14.0. The molecule has 1 unspecified atom stereocenters. The molecule has 0 aromatic heterocycles. The van der Waals surface area contributed by atoms with E-state index in [1.165, 1.54) is 11.1 Å². The molecule has 1 heterocycles. The van der Waals surface area contributed by atoms with E-state index in [-0.39, 0.29) is 11.3 Å². The molecule has 1 atom stereocenters. The molecule has 0 saturated carbocycles. The Kier molecular flexibility index (Phi) is 4.72. The van der Waals surface area contributed by atoms with Gasteiger partial charge in [-0.1, -0.05) is 39.8 Å². The maximum Gasteiger partial charge on any atom is 0.227 e. The van der Waals surface area contributed by atoms with Crippen molar-refractivity contribution in [2.45, 2.75) is 53.0 Å². The third-order valence-electron chi connectivity index (χ3n) is 4.88. The number of aryl methyl sites for hydroxylation is 1. The van der Waals surface area contributed by atoms with E-state index in [0.29, 0.717) is 12.5 Å².